The van der Waals surface area contributed by atoms with Crippen molar-refractivity contribution < 1.29 is 8.42 Å². The fourth-order valence-electron chi connectivity index (χ4n) is 1.26. The van der Waals surface area contributed by atoms with Gasteiger partial charge in [0, 0.05) is 17.2 Å². The molecule has 3 nitrogen and oxygen atoms in total. The lowest BCUT2D eigenvalue weighted by atomic mass is 9.98. The van der Waals surface area contributed by atoms with Gasteiger partial charge in [0.05, 0.1) is 4.75 Å². The Labute approximate surface area is 95.2 Å². The van der Waals surface area contributed by atoms with E-state index in [1.54, 1.807) is 25.2 Å². The van der Waals surface area contributed by atoms with Gasteiger partial charge in [0.15, 0.2) is 9.84 Å². The quantitative estimate of drug-likeness (QED) is 0.887. The summed E-state index contributed by atoms with van der Waals surface area (Å²) in [7, 11) is -3.16. The van der Waals surface area contributed by atoms with E-state index in [1.807, 2.05) is 18.4 Å². The molecular weight excluding hydrogens is 230 g/mol. The minimum absolute atomic E-state index is 0.475. The minimum Gasteiger partial charge on any atom is -0.323 e. The third-order valence-corrected chi connectivity index (χ3v) is 5.86. The summed E-state index contributed by atoms with van der Waals surface area (Å²) in [5, 5.41) is 1.92. The van der Waals surface area contributed by atoms with Crippen LogP contribution in [-0.2, 0) is 9.84 Å². The summed E-state index contributed by atoms with van der Waals surface area (Å²) in [5.41, 5.74) is 6.90. The first kappa shape index (κ1) is 12.7. The molecule has 5 heteroatoms. The van der Waals surface area contributed by atoms with Gasteiger partial charge in [-0.15, -0.1) is 11.3 Å². The van der Waals surface area contributed by atoms with Crippen LogP contribution in [0.5, 0.6) is 0 Å². The molecule has 0 saturated heterocycles. The van der Waals surface area contributed by atoms with Gasteiger partial charge in [0.1, 0.15) is 0 Å². The molecule has 0 bridgehead atoms. The van der Waals surface area contributed by atoms with Crippen LogP contribution in [-0.4, -0.2) is 19.4 Å². The maximum absolute atomic E-state index is 11.6. The monoisotopic (exact) mass is 247 g/mol. The zero-order valence-electron chi connectivity index (χ0n) is 9.44. The topological polar surface area (TPSA) is 60.2 Å². The first-order chi connectivity index (χ1) is 6.66. The fourth-order valence-corrected chi connectivity index (χ4v) is 2.60. The Hall–Kier alpha value is -0.390. The predicted octanol–water partition coefficient (Wildman–Crippen LogP) is 1.88. The summed E-state index contributed by atoms with van der Waals surface area (Å²) in [4.78, 5) is 1.14. The van der Waals surface area contributed by atoms with Crippen LogP contribution in [0.15, 0.2) is 11.4 Å². The maximum atomic E-state index is 11.6. The number of sulfone groups is 1. The summed E-state index contributed by atoms with van der Waals surface area (Å²) in [6.45, 7) is 5.31. The Bertz CT molecular complexity index is 446. The van der Waals surface area contributed by atoms with Crippen molar-refractivity contribution >= 4 is 21.2 Å². The molecule has 0 aliphatic heterocycles. The molecule has 1 aromatic rings. The Balaban J connectivity index is 3.10. The summed E-state index contributed by atoms with van der Waals surface area (Å²) in [5.74, 6) is 0. The van der Waals surface area contributed by atoms with E-state index in [0.29, 0.717) is 0 Å². The van der Waals surface area contributed by atoms with Gasteiger partial charge in [-0.2, -0.15) is 0 Å². The van der Waals surface area contributed by atoms with Gasteiger partial charge in [-0.1, -0.05) is 0 Å². The molecular formula is C10H17NO2S2. The van der Waals surface area contributed by atoms with Crippen LogP contribution in [0.1, 0.15) is 30.3 Å². The smallest absolute Gasteiger partial charge is 0.154 e. The van der Waals surface area contributed by atoms with Crippen molar-refractivity contribution in [3.63, 3.8) is 0 Å². The lowest BCUT2D eigenvalue weighted by molar-refractivity contribution is 0.497. The molecule has 0 amide bonds. The molecule has 0 radical (unpaired) electrons. The van der Waals surface area contributed by atoms with E-state index >= 15 is 0 Å². The van der Waals surface area contributed by atoms with Crippen molar-refractivity contribution in [2.24, 2.45) is 5.73 Å². The molecule has 0 saturated carbocycles. The molecule has 0 aliphatic rings. The highest BCUT2D eigenvalue weighted by Gasteiger charge is 2.37. The molecule has 15 heavy (non-hydrogen) atoms. The summed E-state index contributed by atoms with van der Waals surface area (Å²) < 4.78 is 22.3. The van der Waals surface area contributed by atoms with Crippen LogP contribution >= 0.6 is 11.3 Å². The lowest BCUT2D eigenvalue weighted by Gasteiger charge is -2.29. The van der Waals surface area contributed by atoms with E-state index < -0.39 is 20.6 Å². The molecule has 0 aromatic carbocycles. The second kappa shape index (κ2) is 3.88. The number of rotatable bonds is 3. The Kier molecular flexibility index (Phi) is 3.28. The first-order valence-electron chi connectivity index (χ1n) is 4.66. The van der Waals surface area contributed by atoms with Crippen molar-refractivity contribution in [3.05, 3.63) is 21.9 Å². The number of aryl methyl sites for hydroxylation is 1. The van der Waals surface area contributed by atoms with E-state index in [2.05, 4.69) is 0 Å². The summed E-state index contributed by atoms with van der Waals surface area (Å²) >= 11 is 1.58. The van der Waals surface area contributed by atoms with Crippen molar-refractivity contribution in [1.29, 1.82) is 0 Å². The van der Waals surface area contributed by atoms with Gasteiger partial charge in [-0.05, 0) is 37.8 Å². The molecule has 2 N–H and O–H groups in total. The second-order valence-electron chi connectivity index (χ2n) is 4.34. The number of thiophene rings is 1. The standard InChI is InChI=1S/C10H17NO2S2/c1-7-5-8(6-14-7)9(11)10(2,3)15(4,12)13/h5-6,9H,11H2,1-4H3. The number of hydrogen-bond acceptors (Lipinski definition) is 4. The molecule has 86 valence electrons. The first-order valence-corrected chi connectivity index (χ1v) is 7.43. The predicted molar refractivity (Wildman–Crippen MR) is 64.9 cm³/mol. The van der Waals surface area contributed by atoms with Crippen molar-refractivity contribution in [1.82, 2.24) is 0 Å². The minimum atomic E-state index is -3.16. The lowest BCUT2D eigenvalue weighted by Crippen LogP contribution is -2.42. The highest BCUT2D eigenvalue weighted by Crippen LogP contribution is 2.32. The van der Waals surface area contributed by atoms with Gasteiger partial charge >= 0.3 is 0 Å². The molecule has 0 fully saturated rings. The summed E-state index contributed by atoms with van der Waals surface area (Å²) in [6, 6.07) is 1.47. The summed E-state index contributed by atoms with van der Waals surface area (Å²) in [6.07, 6.45) is 1.23. The van der Waals surface area contributed by atoms with Crippen LogP contribution in [0.2, 0.25) is 0 Å². The van der Waals surface area contributed by atoms with Crippen LogP contribution < -0.4 is 5.73 Å². The number of nitrogens with two attached hydrogens (primary N) is 1. The normalized spacial score (nSPS) is 15.3. The third-order valence-electron chi connectivity index (χ3n) is 2.81. The van der Waals surface area contributed by atoms with E-state index in [-0.39, 0.29) is 0 Å². The van der Waals surface area contributed by atoms with Crippen molar-refractivity contribution in [2.45, 2.75) is 31.6 Å². The average molecular weight is 247 g/mol. The van der Waals surface area contributed by atoms with E-state index in [9.17, 15) is 8.42 Å². The molecule has 1 heterocycles. The SMILES string of the molecule is Cc1cc(C(N)C(C)(C)S(C)(=O)=O)cs1. The van der Waals surface area contributed by atoms with E-state index in [4.69, 9.17) is 5.73 Å². The zero-order chi connectivity index (χ0) is 11.9. The highest BCUT2D eigenvalue weighted by molar-refractivity contribution is 7.92. The van der Waals surface area contributed by atoms with Crippen LogP contribution in [0.4, 0.5) is 0 Å². The maximum Gasteiger partial charge on any atom is 0.154 e. The van der Waals surface area contributed by atoms with Gasteiger partial charge < -0.3 is 5.73 Å². The number of hydrogen-bond donors (Lipinski definition) is 1. The molecule has 1 atom stereocenters. The molecule has 0 aliphatic carbocycles. The highest BCUT2D eigenvalue weighted by atomic mass is 32.2. The molecule has 1 rings (SSSR count). The molecule has 0 spiro atoms. The van der Waals surface area contributed by atoms with E-state index in [0.717, 1.165) is 10.4 Å². The van der Waals surface area contributed by atoms with Gasteiger partial charge in [0.2, 0.25) is 0 Å². The fraction of sp³-hybridized carbons (Fsp3) is 0.600. The van der Waals surface area contributed by atoms with Crippen LogP contribution in [0.25, 0.3) is 0 Å². The van der Waals surface area contributed by atoms with Gasteiger partial charge in [0.25, 0.3) is 0 Å². The van der Waals surface area contributed by atoms with Gasteiger partial charge in [-0.3, -0.25) is 0 Å². The van der Waals surface area contributed by atoms with Crippen LogP contribution in [0, 0.1) is 6.92 Å². The zero-order valence-corrected chi connectivity index (χ0v) is 11.1. The van der Waals surface area contributed by atoms with Gasteiger partial charge in [-0.25, -0.2) is 8.42 Å². The van der Waals surface area contributed by atoms with Crippen LogP contribution in [0.3, 0.4) is 0 Å². The Morgan fingerprint density at radius 3 is 2.33 bits per heavy atom. The molecule has 1 unspecified atom stereocenters. The second-order valence-corrected chi connectivity index (χ2v) is 8.06. The van der Waals surface area contributed by atoms with Crippen molar-refractivity contribution in [2.75, 3.05) is 6.26 Å². The average Bonchev–Trinajstić information content (AvgIpc) is 2.48. The largest absolute Gasteiger partial charge is 0.323 e. The Morgan fingerprint density at radius 1 is 1.47 bits per heavy atom. The van der Waals surface area contributed by atoms with Crippen molar-refractivity contribution in [3.8, 4) is 0 Å². The Morgan fingerprint density at radius 2 is 2.00 bits per heavy atom. The third kappa shape index (κ3) is 2.41. The molecule has 1 aromatic heterocycles. The van der Waals surface area contributed by atoms with E-state index in [1.165, 1.54) is 6.26 Å².